The first-order chi connectivity index (χ1) is 14.2. The van der Waals surface area contributed by atoms with Crippen molar-refractivity contribution in [2.24, 2.45) is 0 Å². The van der Waals surface area contributed by atoms with E-state index in [0.29, 0.717) is 28.4 Å². The van der Waals surface area contributed by atoms with Crippen LogP contribution in [0.25, 0.3) is 17.1 Å². The number of benzene rings is 2. The molecule has 2 N–H and O–H groups in total. The van der Waals surface area contributed by atoms with E-state index in [1.54, 1.807) is 60.5 Å². The molecule has 2 aromatic heterocycles. The van der Waals surface area contributed by atoms with Gasteiger partial charge in [-0.2, -0.15) is 5.10 Å². The normalized spacial score (nSPS) is 10.5. The number of anilines is 1. The predicted octanol–water partition coefficient (Wildman–Crippen LogP) is 3.74. The first kappa shape index (κ1) is 18.2. The summed E-state index contributed by atoms with van der Waals surface area (Å²) in [5.41, 5.74) is 2.75. The van der Waals surface area contributed by atoms with Crippen LogP contribution in [0.15, 0.2) is 83.5 Å². The summed E-state index contributed by atoms with van der Waals surface area (Å²) in [7, 11) is 1.57. The Morgan fingerprint density at radius 2 is 1.69 bits per heavy atom. The molecule has 7 heteroatoms. The summed E-state index contributed by atoms with van der Waals surface area (Å²) in [5.74, 6) is 0.0589. The quantitative estimate of drug-likeness (QED) is 0.547. The van der Waals surface area contributed by atoms with Gasteiger partial charge in [0.15, 0.2) is 5.76 Å². The number of amides is 2. The van der Waals surface area contributed by atoms with Crippen LogP contribution in [0.2, 0.25) is 0 Å². The third-order valence-electron chi connectivity index (χ3n) is 4.35. The van der Waals surface area contributed by atoms with Crippen molar-refractivity contribution in [2.75, 3.05) is 12.4 Å². The van der Waals surface area contributed by atoms with Gasteiger partial charge in [0.05, 0.1) is 12.0 Å². The van der Waals surface area contributed by atoms with E-state index in [1.807, 2.05) is 30.3 Å². The lowest BCUT2D eigenvalue weighted by Crippen LogP contribution is -2.18. The maximum Gasteiger partial charge on any atom is 0.274 e. The number of nitrogens with zero attached hydrogens (tertiary/aromatic N) is 2. The molecule has 0 spiro atoms. The molecule has 0 unspecified atom stereocenters. The molecular formula is C22H18N4O3. The van der Waals surface area contributed by atoms with Crippen LogP contribution in [0.5, 0.6) is 0 Å². The second-order valence-corrected chi connectivity index (χ2v) is 6.25. The number of nitrogens with one attached hydrogen (secondary N) is 2. The molecular weight excluding hydrogens is 368 g/mol. The minimum atomic E-state index is -0.327. The number of hydrogen-bond donors (Lipinski definition) is 2. The largest absolute Gasteiger partial charge is 0.463 e. The van der Waals surface area contributed by atoms with Crippen molar-refractivity contribution in [1.82, 2.24) is 15.1 Å². The monoisotopic (exact) mass is 386 g/mol. The molecule has 0 saturated heterocycles. The summed E-state index contributed by atoms with van der Waals surface area (Å²) < 4.78 is 7.00. The Kier molecular flexibility index (Phi) is 4.94. The van der Waals surface area contributed by atoms with E-state index in [4.69, 9.17) is 4.42 Å². The molecule has 0 aliphatic rings. The summed E-state index contributed by atoms with van der Waals surface area (Å²) in [6, 6.07) is 21.3. The molecule has 29 heavy (non-hydrogen) atoms. The molecule has 0 bridgehead atoms. The van der Waals surface area contributed by atoms with Crippen LogP contribution in [-0.4, -0.2) is 28.6 Å². The van der Waals surface area contributed by atoms with Crippen molar-refractivity contribution in [1.29, 1.82) is 0 Å². The summed E-state index contributed by atoms with van der Waals surface area (Å²) in [6.45, 7) is 0. The molecule has 4 rings (SSSR count). The standard InChI is InChI=1S/C22H18N4O3/c1-23-21(27)15-9-11-16(12-10-15)24-22(28)19-14-18(20-8-5-13-29-20)25-26(19)17-6-3-2-4-7-17/h2-14H,1H3,(H,23,27)(H,24,28). The number of rotatable bonds is 5. The third kappa shape index (κ3) is 3.79. The van der Waals surface area contributed by atoms with Crippen LogP contribution in [0.4, 0.5) is 5.69 Å². The van der Waals surface area contributed by atoms with Gasteiger partial charge in [-0.3, -0.25) is 9.59 Å². The molecule has 0 aliphatic heterocycles. The van der Waals surface area contributed by atoms with Gasteiger partial charge in [0, 0.05) is 24.4 Å². The van der Waals surface area contributed by atoms with Gasteiger partial charge in [-0.15, -0.1) is 0 Å². The highest BCUT2D eigenvalue weighted by atomic mass is 16.3. The number of para-hydroxylation sites is 1. The molecule has 0 atom stereocenters. The van der Waals surface area contributed by atoms with E-state index < -0.39 is 0 Å². The van der Waals surface area contributed by atoms with Gasteiger partial charge in [0.2, 0.25) is 0 Å². The highest BCUT2D eigenvalue weighted by molar-refractivity contribution is 6.04. The zero-order chi connectivity index (χ0) is 20.2. The fourth-order valence-electron chi connectivity index (χ4n) is 2.90. The lowest BCUT2D eigenvalue weighted by Gasteiger charge is -2.09. The molecule has 0 fully saturated rings. The van der Waals surface area contributed by atoms with Crippen LogP contribution in [0, 0.1) is 0 Å². The summed E-state index contributed by atoms with van der Waals surface area (Å²) in [5, 5.41) is 9.95. The van der Waals surface area contributed by atoms with E-state index in [1.165, 1.54) is 0 Å². The second kappa shape index (κ2) is 7.85. The SMILES string of the molecule is CNC(=O)c1ccc(NC(=O)c2cc(-c3ccco3)nn2-c2ccccc2)cc1. The average molecular weight is 386 g/mol. The smallest absolute Gasteiger partial charge is 0.274 e. The second-order valence-electron chi connectivity index (χ2n) is 6.25. The molecule has 144 valence electrons. The van der Waals surface area contributed by atoms with E-state index in [2.05, 4.69) is 15.7 Å². The maximum atomic E-state index is 13.0. The van der Waals surface area contributed by atoms with Gasteiger partial charge in [-0.1, -0.05) is 18.2 Å². The van der Waals surface area contributed by atoms with E-state index in [-0.39, 0.29) is 11.8 Å². The summed E-state index contributed by atoms with van der Waals surface area (Å²) >= 11 is 0. The Morgan fingerprint density at radius 1 is 0.931 bits per heavy atom. The Hall–Kier alpha value is -4.13. The maximum absolute atomic E-state index is 13.0. The van der Waals surface area contributed by atoms with E-state index in [0.717, 1.165) is 5.69 Å². The van der Waals surface area contributed by atoms with E-state index in [9.17, 15) is 9.59 Å². The molecule has 2 heterocycles. The zero-order valence-corrected chi connectivity index (χ0v) is 15.6. The van der Waals surface area contributed by atoms with Crippen LogP contribution >= 0.6 is 0 Å². The first-order valence-electron chi connectivity index (χ1n) is 8.98. The lowest BCUT2D eigenvalue weighted by molar-refractivity contribution is 0.0962. The highest BCUT2D eigenvalue weighted by Gasteiger charge is 2.19. The summed E-state index contributed by atoms with van der Waals surface area (Å²) in [6.07, 6.45) is 1.56. The first-order valence-corrected chi connectivity index (χ1v) is 8.98. The highest BCUT2D eigenvalue weighted by Crippen LogP contribution is 2.23. The van der Waals surface area contributed by atoms with Crippen molar-refractivity contribution < 1.29 is 14.0 Å². The summed E-state index contributed by atoms with van der Waals surface area (Å²) in [4.78, 5) is 24.7. The zero-order valence-electron chi connectivity index (χ0n) is 15.6. The molecule has 0 aliphatic carbocycles. The molecule has 4 aromatic rings. The average Bonchev–Trinajstić information content (AvgIpc) is 3.44. The van der Waals surface area contributed by atoms with Crippen molar-refractivity contribution >= 4 is 17.5 Å². The number of aromatic nitrogens is 2. The Labute approximate surface area is 167 Å². The van der Waals surface area contributed by atoms with Crippen LogP contribution in [0.3, 0.4) is 0 Å². The molecule has 0 saturated carbocycles. The fourth-order valence-corrected chi connectivity index (χ4v) is 2.90. The number of furan rings is 1. The lowest BCUT2D eigenvalue weighted by atomic mass is 10.2. The van der Waals surface area contributed by atoms with Crippen LogP contribution in [-0.2, 0) is 0 Å². The van der Waals surface area contributed by atoms with Gasteiger partial charge < -0.3 is 15.1 Å². The van der Waals surface area contributed by atoms with Gasteiger partial charge >= 0.3 is 0 Å². The number of hydrogen-bond acceptors (Lipinski definition) is 4. The minimum absolute atomic E-state index is 0.187. The van der Waals surface area contributed by atoms with Crippen molar-refractivity contribution in [2.45, 2.75) is 0 Å². The molecule has 7 nitrogen and oxygen atoms in total. The topological polar surface area (TPSA) is 89.2 Å². The minimum Gasteiger partial charge on any atom is -0.463 e. The Bertz CT molecular complexity index is 1130. The van der Waals surface area contributed by atoms with Gasteiger partial charge in [-0.05, 0) is 48.5 Å². The van der Waals surface area contributed by atoms with Gasteiger partial charge in [0.1, 0.15) is 11.4 Å². The predicted molar refractivity (Wildman–Crippen MR) is 109 cm³/mol. The Morgan fingerprint density at radius 3 is 2.34 bits per heavy atom. The number of carbonyl (C=O) groups excluding carboxylic acids is 2. The van der Waals surface area contributed by atoms with Gasteiger partial charge in [0.25, 0.3) is 11.8 Å². The van der Waals surface area contributed by atoms with Gasteiger partial charge in [-0.25, -0.2) is 4.68 Å². The van der Waals surface area contributed by atoms with Crippen molar-refractivity contribution in [3.63, 3.8) is 0 Å². The van der Waals surface area contributed by atoms with Crippen LogP contribution in [0.1, 0.15) is 20.8 Å². The van der Waals surface area contributed by atoms with E-state index >= 15 is 0 Å². The molecule has 2 amide bonds. The Balaban J connectivity index is 1.66. The fraction of sp³-hybridized carbons (Fsp3) is 0.0455. The third-order valence-corrected chi connectivity index (χ3v) is 4.35. The molecule has 2 aromatic carbocycles. The molecule has 0 radical (unpaired) electrons. The van der Waals surface area contributed by atoms with Crippen molar-refractivity contribution in [3.05, 3.63) is 90.3 Å². The van der Waals surface area contributed by atoms with Crippen molar-refractivity contribution in [3.8, 4) is 17.1 Å². The van der Waals surface area contributed by atoms with Crippen LogP contribution < -0.4 is 10.6 Å². The number of carbonyl (C=O) groups is 2.